The third-order valence-corrected chi connectivity index (χ3v) is 8.02. The molecule has 2 fully saturated rings. The van der Waals surface area contributed by atoms with Crippen LogP contribution in [0.2, 0.25) is 0 Å². The largest absolute Gasteiger partial charge is 0.496 e. The molecule has 1 N–H and O–H groups in total. The van der Waals surface area contributed by atoms with Crippen LogP contribution in [0.3, 0.4) is 0 Å². The molecule has 7 nitrogen and oxygen atoms in total. The molecule has 0 unspecified atom stereocenters. The first-order valence-electron chi connectivity index (χ1n) is 14.2. The molecule has 2 aliphatic rings. The lowest BCUT2D eigenvalue weighted by atomic mass is 9.86. The summed E-state index contributed by atoms with van der Waals surface area (Å²) in [6.45, 7) is 12.5. The summed E-state index contributed by atoms with van der Waals surface area (Å²) in [6.07, 6.45) is 2.66. The van der Waals surface area contributed by atoms with E-state index in [1.54, 1.807) is 14.2 Å². The van der Waals surface area contributed by atoms with Crippen molar-refractivity contribution in [3.63, 3.8) is 0 Å². The zero-order chi connectivity index (χ0) is 26.9. The maximum atomic E-state index is 12.9. The predicted molar refractivity (Wildman–Crippen MR) is 154 cm³/mol. The minimum Gasteiger partial charge on any atom is -0.496 e. The summed E-state index contributed by atoms with van der Waals surface area (Å²) < 4.78 is 11.0. The molecule has 0 radical (unpaired) electrons. The summed E-state index contributed by atoms with van der Waals surface area (Å²) in [5.74, 6) is 3.03. The molecule has 7 heteroatoms. The van der Waals surface area contributed by atoms with Crippen molar-refractivity contribution in [1.82, 2.24) is 15.1 Å². The van der Waals surface area contributed by atoms with Gasteiger partial charge in [-0.05, 0) is 49.4 Å². The number of hydrogen-bond donors (Lipinski definition) is 1. The number of piperazine rings is 1. The van der Waals surface area contributed by atoms with E-state index in [0.717, 1.165) is 69.3 Å². The number of ether oxygens (including phenoxy) is 2. The number of para-hydroxylation sites is 3. The fourth-order valence-corrected chi connectivity index (χ4v) is 6.17. The van der Waals surface area contributed by atoms with Crippen molar-refractivity contribution in [2.45, 2.75) is 45.7 Å². The highest BCUT2D eigenvalue weighted by Gasteiger charge is 2.35. The molecule has 4 rings (SSSR count). The van der Waals surface area contributed by atoms with E-state index in [9.17, 15) is 4.79 Å². The molecule has 208 valence electrons. The lowest BCUT2D eigenvalue weighted by Crippen LogP contribution is -2.57. The Kier molecular flexibility index (Phi) is 10.3. The maximum absolute atomic E-state index is 12.9. The van der Waals surface area contributed by atoms with Gasteiger partial charge in [0, 0.05) is 63.8 Å². The number of benzene rings is 2. The first-order chi connectivity index (χ1) is 18.5. The van der Waals surface area contributed by atoms with Crippen LogP contribution in [0.15, 0.2) is 48.5 Å². The molecule has 2 aromatic carbocycles. The molecule has 0 bridgehead atoms. The number of piperidine rings is 1. The smallest absolute Gasteiger partial charge is 0.220 e. The highest BCUT2D eigenvalue weighted by Crippen LogP contribution is 2.31. The molecule has 1 amide bonds. The fraction of sp³-hybridized carbons (Fsp3) is 0.581. The minimum atomic E-state index is 0.122. The predicted octanol–water partition coefficient (Wildman–Crippen LogP) is 4.27. The van der Waals surface area contributed by atoms with Gasteiger partial charge in [0.2, 0.25) is 5.91 Å². The van der Waals surface area contributed by atoms with Gasteiger partial charge in [0.25, 0.3) is 0 Å². The average molecular weight is 523 g/mol. The van der Waals surface area contributed by atoms with Gasteiger partial charge in [0.15, 0.2) is 0 Å². The second-order valence-electron chi connectivity index (χ2n) is 11.1. The van der Waals surface area contributed by atoms with Crippen molar-refractivity contribution >= 4 is 11.6 Å². The van der Waals surface area contributed by atoms with E-state index in [1.807, 2.05) is 36.4 Å². The number of nitrogens with one attached hydrogen (secondary N) is 1. The van der Waals surface area contributed by atoms with Crippen LogP contribution in [-0.2, 0) is 11.3 Å². The molecule has 2 atom stereocenters. The fourth-order valence-electron chi connectivity index (χ4n) is 6.17. The Morgan fingerprint density at radius 1 is 0.947 bits per heavy atom. The summed E-state index contributed by atoms with van der Waals surface area (Å²) in [7, 11) is 3.42. The van der Waals surface area contributed by atoms with Gasteiger partial charge in [-0.25, -0.2) is 0 Å². The van der Waals surface area contributed by atoms with E-state index in [2.05, 4.69) is 46.0 Å². The Bertz CT molecular complexity index is 1020. The summed E-state index contributed by atoms with van der Waals surface area (Å²) >= 11 is 0. The number of hydrogen-bond acceptors (Lipinski definition) is 6. The lowest BCUT2D eigenvalue weighted by molar-refractivity contribution is -0.121. The summed E-state index contributed by atoms with van der Waals surface area (Å²) in [6, 6.07) is 16.7. The number of rotatable bonds is 11. The van der Waals surface area contributed by atoms with Crippen molar-refractivity contribution in [3.05, 3.63) is 54.1 Å². The molecule has 0 spiro atoms. The zero-order valence-corrected chi connectivity index (χ0v) is 23.7. The molecule has 38 heavy (non-hydrogen) atoms. The van der Waals surface area contributed by atoms with E-state index >= 15 is 0 Å². The molecular formula is C31H46N4O3. The Morgan fingerprint density at radius 2 is 1.63 bits per heavy atom. The number of methoxy groups -OCH3 is 2. The minimum absolute atomic E-state index is 0.122. The van der Waals surface area contributed by atoms with Gasteiger partial charge in [0.1, 0.15) is 11.5 Å². The maximum Gasteiger partial charge on any atom is 0.220 e. The van der Waals surface area contributed by atoms with Gasteiger partial charge in [0.05, 0.1) is 19.9 Å². The summed E-state index contributed by atoms with van der Waals surface area (Å²) in [5, 5.41) is 3.12. The molecule has 2 heterocycles. The molecule has 2 aromatic rings. The van der Waals surface area contributed by atoms with Crippen LogP contribution >= 0.6 is 0 Å². The van der Waals surface area contributed by atoms with Crippen LogP contribution in [0.1, 0.15) is 38.7 Å². The van der Waals surface area contributed by atoms with Crippen LogP contribution in [0.5, 0.6) is 11.5 Å². The van der Waals surface area contributed by atoms with Gasteiger partial charge in [-0.3, -0.25) is 9.69 Å². The van der Waals surface area contributed by atoms with Crippen LogP contribution in [0.4, 0.5) is 5.69 Å². The van der Waals surface area contributed by atoms with Crippen molar-refractivity contribution in [2.75, 3.05) is 64.9 Å². The zero-order valence-electron chi connectivity index (χ0n) is 23.7. The third-order valence-electron chi connectivity index (χ3n) is 8.02. The Balaban J connectivity index is 1.34. The molecule has 0 aliphatic carbocycles. The second kappa shape index (κ2) is 13.9. The third kappa shape index (κ3) is 7.41. The SMILES string of the molecule is COc1ccccc1CNC(=O)CC[C@H]1CN(CC(C)C)CC[C@H]1N1CCN(c2ccccc2OC)CC1. The van der Waals surface area contributed by atoms with Crippen LogP contribution in [0, 0.1) is 11.8 Å². The quantitative estimate of drug-likeness (QED) is 0.476. The first kappa shape index (κ1) is 28.2. The standard InChI is InChI=1S/C31H46N4O3/c1-24(2)22-33-16-15-27(34-17-19-35(20-18-34)28-10-6-8-12-30(28)38-4)26(23-33)13-14-31(36)32-21-25-9-5-7-11-29(25)37-3/h5-12,24,26-27H,13-23H2,1-4H3,(H,32,36)/t26-,27+/m0/s1. The Morgan fingerprint density at radius 3 is 2.34 bits per heavy atom. The van der Waals surface area contributed by atoms with E-state index in [-0.39, 0.29) is 5.91 Å². The molecule has 0 saturated carbocycles. The summed E-state index contributed by atoms with van der Waals surface area (Å²) in [4.78, 5) is 20.6. The second-order valence-corrected chi connectivity index (χ2v) is 11.1. The van der Waals surface area contributed by atoms with Crippen molar-refractivity contribution < 1.29 is 14.3 Å². The van der Waals surface area contributed by atoms with Crippen LogP contribution in [-0.4, -0.2) is 81.8 Å². The number of carbonyl (C=O) groups excluding carboxylic acids is 1. The van der Waals surface area contributed by atoms with E-state index < -0.39 is 0 Å². The van der Waals surface area contributed by atoms with Crippen molar-refractivity contribution in [3.8, 4) is 11.5 Å². The van der Waals surface area contributed by atoms with E-state index in [4.69, 9.17) is 9.47 Å². The van der Waals surface area contributed by atoms with E-state index in [0.29, 0.717) is 30.8 Å². The molecular weight excluding hydrogens is 476 g/mol. The Hall–Kier alpha value is -2.77. The van der Waals surface area contributed by atoms with Crippen molar-refractivity contribution in [1.29, 1.82) is 0 Å². The van der Waals surface area contributed by atoms with Crippen molar-refractivity contribution in [2.24, 2.45) is 11.8 Å². The van der Waals surface area contributed by atoms with Gasteiger partial charge in [-0.15, -0.1) is 0 Å². The van der Waals surface area contributed by atoms with Crippen LogP contribution < -0.4 is 19.7 Å². The highest BCUT2D eigenvalue weighted by molar-refractivity contribution is 5.76. The number of anilines is 1. The highest BCUT2D eigenvalue weighted by atomic mass is 16.5. The van der Waals surface area contributed by atoms with Gasteiger partial charge < -0.3 is 24.6 Å². The number of carbonyl (C=O) groups is 1. The Labute approximate surface area is 229 Å². The molecule has 0 aromatic heterocycles. The average Bonchev–Trinajstić information content (AvgIpc) is 2.95. The lowest BCUT2D eigenvalue weighted by Gasteiger charge is -2.47. The van der Waals surface area contributed by atoms with Crippen LogP contribution in [0.25, 0.3) is 0 Å². The summed E-state index contributed by atoms with van der Waals surface area (Å²) in [5.41, 5.74) is 2.19. The van der Waals surface area contributed by atoms with Gasteiger partial charge in [-0.2, -0.15) is 0 Å². The molecule has 2 aliphatic heterocycles. The monoisotopic (exact) mass is 522 g/mol. The number of amides is 1. The number of likely N-dealkylation sites (tertiary alicyclic amines) is 1. The van der Waals surface area contributed by atoms with Gasteiger partial charge >= 0.3 is 0 Å². The van der Waals surface area contributed by atoms with Gasteiger partial charge in [-0.1, -0.05) is 44.2 Å². The number of nitrogens with zero attached hydrogens (tertiary/aromatic N) is 3. The first-order valence-corrected chi connectivity index (χ1v) is 14.2. The van der Waals surface area contributed by atoms with E-state index in [1.165, 1.54) is 12.1 Å². The normalized spacial score (nSPS) is 20.9. The topological polar surface area (TPSA) is 57.3 Å². The molecule has 2 saturated heterocycles.